The molecular weight excluding hydrogens is 532 g/mol. The normalized spacial score (nSPS) is 19.0. The van der Waals surface area contributed by atoms with Crippen molar-refractivity contribution in [1.82, 2.24) is 15.3 Å². The van der Waals surface area contributed by atoms with Gasteiger partial charge in [-0.2, -0.15) is 0 Å². The summed E-state index contributed by atoms with van der Waals surface area (Å²) in [7, 11) is 0. The number of hydrogen-bond donors (Lipinski definition) is 1. The van der Waals surface area contributed by atoms with Gasteiger partial charge in [0.25, 0.3) is 0 Å². The SMILES string of the molecule is CC(C)(C)OC(=O)N[C@H]1C[C@H](Oc2ccc(C(C)(C)c3ccc(OCc4nccc(N5CCOCC5)n4)cc3)cc2)C1. The highest BCUT2D eigenvalue weighted by atomic mass is 16.6. The summed E-state index contributed by atoms with van der Waals surface area (Å²) in [4.78, 5) is 23.2. The number of alkyl carbamates (subject to hydrolysis) is 1. The van der Waals surface area contributed by atoms with Crippen molar-refractivity contribution in [2.75, 3.05) is 31.2 Å². The Morgan fingerprint density at radius 3 is 2.17 bits per heavy atom. The molecule has 9 heteroatoms. The van der Waals surface area contributed by atoms with Crippen molar-refractivity contribution in [1.29, 1.82) is 0 Å². The van der Waals surface area contributed by atoms with E-state index in [1.165, 1.54) is 11.1 Å². The first-order valence-corrected chi connectivity index (χ1v) is 14.7. The van der Waals surface area contributed by atoms with Crippen molar-refractivity contribution in [2.45, 2.75) is 77.2 Å². The lowest BCUT2D eigenvalue weighted by molar-refractivity contribution is 0.0363. The molecule has 2 aromatic carbocycles. The third-order valence-corrected chi connectivity index (χ3v) is 7.66. The Morgan fingerprint density at radius 1 is 0.929 bits per heavy atom. The number of carbonyl (C=O) groups excluding carboxylic acids is 1. The standard InChI is InChI=1S/C33H42N4O5/c1-32(2,3)42-31(38)35-25-20-28(21-25)41-27-12-8-24(9-13-27)33(4,5)23-6-10-26(11-7-23)40-22-29-34-15-14-30(36-29)37-16-18-39-19-17-37/h6-15,25,28H,16-22H2,1-5H3,(H,35,38)/t25-,28-. The van der Waals surface area contributed by atoms with Gasteiger partial charge < -0.3 is 29.2 Å². The Kier molecular flexibility index (Phi) is 8.87. The fraction of sp³-hybridized carbons (Fsp3) is 0.485. The Labute approximate surface area is 248 Å². The number of rotatable bonds is 9. The number of ether oxygens (including phenoxy) is 4. The molecule has 0 spiro atoms. The number of amides is 1. The highest BCUT2D eigenvalue weighted by Crippen LogP contribution is 2.34. The molecule has 1 aliphatic heterocycles. The highest BCUT2D eigenvalue weighted by molar-refractivity contribution is 5.68. The van der Waals surface area contributed by atoms with Gasteiger partial charge in [0.2, 0.25) is 0 Å². The van der Waals surface area contributed by atoms with Crippen LogP contribution >= 0.6 is 0 Å². The highest BCUT2D eigenvalue weighted by Gasteiger charge is 2.33. The van der Waals surface area contributed by atoms with Gasteiger partial charge in [-0.1, -0.05) is 38.1 Å². The predicted octanol–water partition coefficient (Wildman–Crippen LogP) is 5.65. The molecule has 2 aliphatic rings. The lowest BCUT2D eigenvalue weighted by Crippen LogP contribution is -2.50. The second-order valence-electron chi connectivity index (χ2n) is 12.4. The number of nitrogens with zero attached hydrogens (tertiary/aromatic N) is 3. The first-order chi connectivity index (χ1) is 20.0. The minimum Gasteiger partial charge on any atom is -0.490 e. The minimum absolute atomic E-state index is 0.0859. The van der Waals surface area contributed by atoms with Gasteiger partial charge in [0.05, 0.1) is 13.2 Å². The van der Waals surface area contributed by atoms with Crippen LogP contribution in [-0.2, 0) is 21.5 Å². The predicted molar refractivity (Wildman–Crippen MR) is 161 cm³/mol. The van der Waals surface area contributed by atoms with Crippen LogP contribution in [0.2, 0.25) is 0 Å². The van der Waals surface area contributed by atoms with Crippen LogP contribution < -0.4 is 19.7 Å². The van der Waals surface area contributed by atoms with Gasteiger partial charge in [-0.05, 0) is 62.2 Å². The van der Waals surface area contributed by atoms with E-state index in [2.05, 4.69) is 58.3 Å². The average molecular weight is 575 g/mol. The van der Waals surface area contributed by atoms with E-state index in [1.54, 1.807) is 6.20 Å². The van der Waals surface area contributed by atoms with E-state index in [-0.39, 0.29) is 23.7 Å². The van der Waals surface area contributed by atoms with E-state index < -0.39 is 5.60 Å². The Hall–Kier alpha value is -3.85. The molecule has 42 heavy (non-hydrogen) atoms. The van der Waals surface area contributed by atoms with Crippen LogP contribution in [0.25, 0.3) is 0 Å². The monoisotopic (exact) mass is 574 g/mol. The summed E-state index contributed by atoms with van der Waals surface area (Å²) in [6.07, 6.45) is 3.04. The molecule has 3 aromatic rings. The fourth-order valence-electron chi connectivity index (χ4n) is 5.11. The van der Waals surface area contributed by atoms with Gasteiger partial charge in [0.1, 0.15) is 35.6 Å². The molecule has 0 radical (unpaired) electrons. The fourth-order valence-corrected chi connectivity index (χ4v) is 5.11. The van der Waals surface area contributed by atoms with E-state index in [0.717, 1.165) is 43.2 Å². The maximum atomic E-state index is 12.0. The van der Waals surface area contributed by atoms with Crippen molar-refractivity contribution in [2.24, 2.45) is 0 Å². The third-order valence-electron chi connectivity index (χ3n) is 7.66. The lowest BCUT2D eigenvalue weighted by atomic mass is 9.78. The van der Waals surface area contributed by atoms with Crippen LogP contribution in [0.15, 0.2) is 60.8 Å². The Bertz CT molecular complexity index is 1330. The maximum absolute atomic E-state index is 12.0. The first kappa shape index (κ1) is 29.6. The molecule has 1 N–H and O–H groups in total. The molecular formula is C33H42N4O5. The molecule has 0 unspecified atom stereocenters. The zero-order valence-corrected chi connectivity index (χ0v) is 25.3. The van der Waals surface area contributed by atoms with Crippen molar-refractivity contribution in [3.8, 4) is 11.5 Å². The van der Waals surface area contributed by atoms with E-state index >= 15 is 0 Å². The van der Waals surface area contributed by atoms with Gasteiger partial charge >= 0.3 is 6.09 Å². The van der Waals surface area contributed by atoms with Crippen molar-refractivity contribution in [3.63, 3.8) is 0 Å². The lowest BCUT2D eigenvalue weighted by Gasteiger charge is -2.36. The van der Waals surface area contributed by atoms with Crippen LogP contribution in [0.1, 0.15) is 64.4 Å². The van der Waals surface area contributed by atoms with Gasteiger partial charge in [-0.25, -0.2) is 14.8 Å². The quantitative estimate of drug-likeness (QED) is 0.350. The number of nitrogens with one attached hydrogen (secondary N) is 1. The van der Waals surface area contributed by atoms with Gasteiger partial charge in [0, 0.05) is 43.6 Å². The Morgan fingerprint density at radius 2 is 1.55 bits per heavy atom. The number of aromatic nitrogens is 2. The molecule has 9 nitrogen and oxygen atoms in total. The summed E-state index contributed by atoms with van der Waals surface area (Å²) in [5, 5.41) is 2.91. The van der Waals surface area contributed by atoms with Crippen molar-refractivity contribution >= 4 is 11.9 Å². The van der Waals surface area contributed by atoms with E-state index in [0.29, 0.717) is 25.6 Å². The second-order valence-corrected chi connectivity index (χ2v) is 12.4. The summed E-state index contributed by atoms with van der Waals surface area (Å²) in [5.41, 5.74) is 1.67. The van der Waals surface area contributed by atoms with Gasteiger partial charge in [-0.15, -0.1) is 0 Å². The first-order valence-electron chi connectivity index (χ1n) is 14.7. The van der Waals surface area contributed by atoms with Crippen LogP contribution in [-0.4, -0.2) is 60.1 Å². The summed E-state index contributed by atoms with van der Waals surface area (Å²) in [6.45, 7) is 13.4. The second kappa shape index (κ2) is 12.6. The molecule has 224 valence electrons. The molecule has 5 rings (SSSR count). The number of morpholine rings is 1. The average Bonchev–Trinajstić information content (AvgIpc) is 2.95. The smallest absolute Gasteiger partial charge is 0.407 e. The number of anilines is 1. The Balaban J connectivity index is 1.11. The molecule has 0 bridgehead atoms. The van der Waals surface area contributed by atoms with Crippen molar-refractivity contribution < 1.29 is 23.7 Å². The molecule has 1 amide bonds. The number of benzene rings is 2. The molecule has 0 atom stereocenters. The summed E-state index contributed by atoms with van der Waals surface area (Å²) < 4.78 is 22.9. The summed E-state index contributed by atoms with van der Waals surface area (Å²) in [6, 6.07) is 18.5. The topological polar surface area (TPSA) is 95.0 Å². The summed E-state index contributed by atoms with van der Waals surface area (Å²) >= 11 is 0. The third kappa shape index (κ3) is 7.70. The zero-order chi connectivity index (χ0) is 29.7. The van der Waals surface area contributed by atoms with Crippen LogP contribution in [0.4, 0.5) is 10.6 Å². The molecule has 1 saturated carbocycles. The minimum atomic E-state index is -0.499. The van der Waals surface area contributed by atoms with Crippen LogP contribution in [0.3, 0.4) is 0 Å². The van der Waals surface area contributed by atoms with E-state index in [9.17, 15) is 4.79 Å². The summed E-state index contributed by atoms with van der Waals surface area (Å²) in [5.74, 6) is 3.17. The largest absolute Gasteiger partial charge is 0.490 e. The number of hydrogen-bond acceptors (Lipinski definition) is 8. The van der Waals surface area contributed by atoms with Crippen LogP contribution in [0, 0.1) is 0 Å². The van der Waals surface area contributed by atoms with Gasteiger partial charge in [0.15, 0.2) is 5.82 Å². The molecule has 2 heterocycles. The van der Waals surface area contributed by atoms with E-state index in [4.69, 9.17) is 18.9 Å². The molecule has 1 aliphatic carbocycles. The number of carbonyl (C=O) groups is 1. The molecule has 2 fully saturated rings. The molecule has 1 aromatic heterocycles. The van der Waals surface area contributed by atoms with Crippen molar-refractivity contribution in [3.05, 3.63) is 77.7 Å². The molecule has 1 saturated heterocycles. The van der Waals surface area contributed by atoms with Crippen LogP contribution in [0.5, 0.6) is 11.5 Å². The van der Waals surface area contributed by atoms with Gasteiger partial charge in [-0.3, -0.25) is 0 Å². The zero-order valence-electron chi connectivity index (χ0n) is 25.3. The maximum Gasteiger partial charge on any atom is 0.407 e. The van der Waals surface area contributed by atoms with E-state index in [1.807, 2.05) is 51.1 Å².